The fourth-order valence-electron chi connectivity index (χ4n) is 1.12. The zero-order valence-corrected chi connectivity index (χ0v) is 9.54. The summed E-state index contributed by atoms with van der Waals surface area (Å²) in [6.07, 6.45) is 0.209. The predicted molar refractivity (Wildman–Crippen MR) is 61.8 cm³/mol. The molecule has 0 bridgehead atoms. The summed E-state index contributed by atoms with van der Waals surface area (Å²) in [6, 6.07) is 3.49. The van der Waals surface area contributed by atoms with E-state index in [1.807, 2.05) is 0 Å². The number of nitrogens with one attached hydrogen (secondary N) is 1. The molecule has 0 aliphatic carbocycles. The molecule has 0 atom stereocenters. The minimum absolute atomic E-state index is 0.00973. The normalized spacial score (nSPS) is 11.3. The van der Waals surface area contributed by atoms with E-state index in [0.29, 0.717) is 0 Å². The number of rotatable bonds is 4. The summed E-state index contributed by atoms with van der Waals surface area (Å²) in [4.78, 5) is 11.6. The molecule has 0 saturated heterocycles. The van der Waals surface area contributed by atoms with E-state index >= 15 is 0 Å². The second kappa shape index (κ2) is 6.05. The fourth-order valence-corrected chi connectivity index (χ4v) is 1.38. The first-order chi connectivity index (χ1) is 8.04. The lowest BCUT2D eigenvalue weighted by Crippen LogP contribution is -2.28. The van der Waals surface area contributed by atoms with Crippen LogP contribution in [0.2, 0.25) is 5.02 Å². The number of carbonyl (C=O) groups excluding carboxylic acids is 1. The minimum atomic E-state index is -0.511. The van der Waals surface area contributed by atoms with E-state index in [9.17, 15) is 9.18 Å². The Balaban J connectivity index is 2.58. The van der Waals surface area contributed by atoms with E-state index < -0.39 is 11.7 Å². The largest absolute Gasteiger partial charge is 0.409 e. The molecule has 1 aromatic rings. The second-order valence-corrected chi connectivity index (χ2v) is 3.63. The van der Waals surface area contributed by atoms with Crippen molar-refractivity contribution in [2.24, 2.45) is 10.9 Å². The summed E-state index contributed by atoms with van der Waals surface area (Å²) in [7, 11) is 0. The number of benzene rings is 1. The molecule has 4 N–H and O–H groups in total. The monoisotopic (exact) mass is 259 g/mol. The van der Waals surface area contributed by atoms with Crippen molar-refractivity contribution < 1.29 is 14.4 Å². The number of oxime groups is 1. The highest BCUT2D eigenvalue weighted by Crippen LogP contribution is 2.16. The third-order valence-corrected chi connectivity index (χ3v) is 2.28. The van der Waals surface area contributed by atoms with E-state index in [1.54, 1.807) is 0 Å². The Labute approximate surface area is 102 Å². The molecular formula is C10H11ClFN3O2. The van der Waals surface area contributed by atoms with Gasteiger partial charge < -0.3 is 16.3 Å². The van der Waals surface area contributed by atoms with Gasteiger partial charge in [-0.25, -0.2) is 4.39 Å². The van der Waals surface area contributed by atoms with Gasteiger partial charge in [-0.1, -0.05) is 16.8 Å². The SMILES string of the molecule is N/C(CCNC(=O)c1ccc(F)cc1Cl)=N/O. The lowest BCUT2D eigenvalue weighted by molar-refractivity contribution is 0.0955. The van der Waals surface area contributed by atoms with Crippen molar-refractivity contribution in [3.8, 4) is 0 Å². The van der Waals surface area contributed by atoms with Gasteiger partial charge in [0.25, 0.3) is 5.91 Å². The molecule has 0 unspecified atom stereocenters. The highest BCUT2D eigenvalue weighted by molar-refractivity contribution is 6.33. The second-order valence-electron chi connectivity index (χ2n) is 3.22. The maximum Gasteiger partial charge on any atom is 0.252 e. The predicted octanol–water partition coefficient (Wildman–Crippen LogP) is 1.35. The molecule has 0 aromatic heterocycles. The van der Waals surface area contributed by atoms with Gasteiger partial charge in [-0.05, 0) is 18.2 Å². The number of amides is 1. The first kappa shape index (κ1) is 13.2. The van der Waals surface area contributed by atoms with E-state index in [4.69, 9.17) is 22.5 Å². The van der Waals surface area contributed by atoms with Crippen LogP contribution in [0, 0.1) is 5.82 Å². The highest BCUT2D eigenvalue weighted by atomic mass is 35.5. The lowest BCUT2D eigenvalue weighted by atomic mass is 10.2. The first-order valence-electron chi connectivity index (χ1n) is 4.74. The molecule has 1 amide bonds. The number of hydrogen-bond donors (Lipinski definition) is 3. The summed E-state index contributed by atoms with van der Waals surface area (Å²) >= 11 is 5.70. The molecule has 5 nitrogen and oxygen atoms in total. The Bertz CT molecular complexity index is 451. The molecule has 0 fully saturated rings. The number of carbonyl (C=O) groups is 1. The van der Waals surface area contributed by atoms with Crippen LogP contribution in [0.3, 0.4) is 0 Å². The van der Waals surface area contributed by atoms with Crippen LogP contribution in [0.4, 0.5) is 4.39 Å². The van der Waals surface area contributed by atoms with E-state index in [0.717, 1.165) is 12.1 Å². The summed E-state index contributed by atoms with van der Waals surface area (Å²) in [5, 5.41) is 13.6. The van der Waals surface area contributed by atoms with Gasteiger partial charge in [0, 0.05) is 13.0 Å². The van der Waals surface area contributed by atoms with Crippen molar-refractivity contribution in [3.05, 3.63) is 34.6 Å². The molecule has 0 radical (unpaired) electrons. The van der Waals surface area contributed by atoms with Crippen LogP contribution in [-0.2, 0) is 0 Å². The standard InChI is InChI=1S/C10H11ClFN3O2/c11-8-5-6(12)1-2-7(8)10(16)14-4-3-9(13)15-17/h1-2,5,17H,3-4H2,(H2,13,15)(H,14,16). The van der Waals surface area contributed by atoms with Gasteiger partial charge >= 0.3 is 0 Å². The Morgan fingerprint density at radius 3 is 2.88 bits per heavy atom. The first-order valence-corrected chi connectivity index (χ1v) is 5.12. The van der Waals surface area contributed by atoms with Gasteiger partial charge in [0.2, 0.25) is 0 Å². The van der Waals surface area contributed by atoms with E-state index in [1.165, 1.54) is 6.07 Å². The number of nitrogens with zero attached hydrogens (tertiary/aromatic N) is 1. The summed E-state index contributed by atoms with van der Waals surface area (Å²) in [6.45, 7) is 0.197. The van der Waals surface area contributed by atoms with E-state index in [-0.39, 0.29) is 29.4 Å². The third-order valence-electron chi connectivity index (χ3n) is 1.97. The Morgan fingerprint density at radius 2 is 2.29 bits per heavy atom. The van der Waals surface area contributed by atoms with Gasteiger partial charge in [-0.2, -0.15) is 0 Å². The molecule has 92 valence electrons. The number of nitrogens with two attached hydrogens (primary N) is 1. The fraction of sp³-hybridized carbons (Fsp3) is 0.200. The highest BCUT2D eigenvalue weighted by Gasteiger charge is 2.10. The quantitative estimate of drug-likeness (QED) is 0.330. The molecule has 0 aliphatic rings. The average molecular weight is 260 g/mol. The van der Waals surface area contributed by atoms with Crippen molar-refractivity contribution in [1.82, 2.24) is 5.32 Å². The molecule has 7 heteroatoms. The van der Waals surface area contributed by atoms with Gasteiger partial charge in [0.15, 0.2) is 0 Å². The number of halogens is 2. The molecule has 0 heterocycles. The van der Waals surface area contributed by atoms with Crippen LogP contribution in [0.5, 0.6) is 0 Å². The third kappa shape index (κ3) is 3.92. The summed E-state index contributed by atoms with van der Waals surface area (Å²) in [5.41, 5.74) is 5.39. The Hall–Kier alpha value is -1.82. The molecule has 1 aromatic carbocycles. The van der Waals surface area contributed by atoms with Crippen molar-refractivity contribution in [2.45, 2.75) is 6.42 Å². The zero-order chi connectivity index (χ0) is 12.8. The molecule has 0 aliphatic heterocycles. The Kier molecular flexibility index (Phi) is 4.71. The maximum absolute atomic E-state index is 12.7. The molecule has 1 rings (SSSR count). The van der Waals surface area contributed by atoms with Crippen molar-refractivity contribution in [3.63, 3.8) is 0 Å². The topological polar surface area (TPSA) is 87.7 Å². The lowest BCUT2D eigenvalue weighted by Gasteiger charge is -2.06. The van der Waals surface area contributed by atoms with Crippen LogP contribution in [0.15, 0.2) is 23.4 Å². The number of amidine groups is 1. The molecule has 0 spiro atoms. The molecule has 17 heavy (non-hydrogen) atoms. The van der Waals surface area contributed by atoms with Crippen molar-refractivity contribution in [2.75, 3.05) is 6.54 Å². The molecule has 0 saturated carbocycles. The van der Waals surface area contributed by atoms with Crippen LogP contribution < -0.4 is 11.1 Å². The van der Waals surface area contributed by atoms with Crippen LogP contribution in [0.1, 0.15) is 16.8 Å². The minimum Gasteiger partial charge on any atom is -0.409 e. The summed E-state index contributed by atoms with van der Waals surface area (Å²) in [5.74, 6) is -0.945. The van der Waals surface area contributed by atoms with Crippen molar-refractivity contribution in [1.29, 1.82) is 0 Å². The van der Waals surface area contributed by atoms with Gasteiger partial charge in [0.1, 0.15) is 11.7 Å². The maximum atomic E-state index is 12.7. The van der Waals surface area contributed by atoms with Gasteiger partial charge in [-0.3, -0.25) is 4.79 Å². The van der Waals surface area contributed by atoms with Crippen LogP contribution in [-0.4, -0.2) is 23.5 Å². The number of hydrogen-bond acceptors (Lipinski definition) is 3. The van der Waals surface area contributed by atoms with Crippen molar-refractivity contribution >= 4 is 23.3 Å². The van der Waals surface area contributed by atoms with Crippen LogP contribution in [0.25, 0.3) is 0 Å². The zero-order valence-electron chi connectivity index (χ0n) is 8.78. The Morgan fingerprint density at radius 1 is 1.59 bits per heavy atom. The van der Waals surface area contributed by atoms with E-state index in [2.05, 4.69) is 10.5 Å². The van der Waals surface area contributed by atoms with Gasteiger partial charge in [0.05, 0.1) is 10.6 Å². The molecular weight excluding hydrogens is 249 g/mol. The average Bonchev–Trinajstić information content (AvgIpc) is 2.28. The van der Waals surface area contributed by atoms with Crippen LogP contribution >= 0.6 is 11.6 Å². The smallest absolute Gasteiger partial charge is 0.252 e. The van der Waals surface area contributed by atoms with Gasteiger partial charge in [-0.15, -0.1) is 0 Å². The summed E-state index contributed by atoms with van der Waals surface area (Å²) < 4.78 is 12.7.